The number of aromatic nitrogens is 1. The summed E-state index contributed by atoms with van der Waals surface area (Å²) in [4.78, 5) is 13.8. The van der Waals surface area contributed by atoms with Crippen LogP contribution in [-0.2, 0) is 4.74 Å². The van der Waals surface area contributed by atoms with Crippen LogP contribution in [-0.4, -0.2) is 66.8 Å². The normalized spacial score (nSPS) is 32.9. The van der Waals surface area contributed by atoms with E-state index in [0.29, 0.717) is 5.03 Å². The summed E-state index contributed by atoms with van der Waals surface area (Å²) in [6.45, 7) is -0.518. The third-order valence-corrected chi connectivity index (χ3v) is 4.12. The highest BCUT2D eigenvalue weighted by molar-refractivity contribution is 7.99. The van der Waals surface area contributed by atoms with Crippen LogP contribution in [0.4, 0.5) is 5.69 Å². The Kier molecular flexibility index (Phi) is 5.08. The quantitative estimate of drug-likeness (QED) is 0.400. The van der Waals surface area contributed by atoms with Gasteiger partial charge < -0.3 is 25.2 Å². The van der Waals surface area contributed by atoms with Gasteiger partial charge in [0.1, 0.15) is 36.0 Å². The molecule has 10 heteroatoms. The zero-order chi connectivity index (χ0) is 15.6. The first-order chi connectivity index (χ1) is 9.93. The van der Waals surface area contributed by atoms with Gasteiger partial charge in [0.25, 0.3) is 5.69 Å². The standard InChI is InChI=1S/C11H14N2O7S/c14-4-6-8(15)9(16)10(17)11(20-6)21-7-2-1-5(3-12-7)13(18)19/h1-3,6,8-11,14-17H,4H2/t6-,8-,9+,10-,11+/m1/s1. The molecule has 1 aliphatic heterocycles. The largest absolute Gasteiger partial charge is 0.394 e. The van der Waals surface area contributed by atoms with Gasteiger partial charge in [-0.25, -0.2) is 4.98 Å². The van der Waals surface area contributed by atoms with Crippen LogP contribution < -0.4 is 0 Å². The van der Waals surface area contributed by atoms with E-state index in [1.54, 1.807) is 0 Å². The zero-order valence-corrected chi connectivity index (χ0v) is 11.5. The fourth-order valence-corrected chi connectivity index (χ4v) is 2.83. The van der Waals surface area contributed by atoms with Crippen molar-refractivity contribution in [2.45, 2.75) is 34.9 Å². The lowest BCUT2D eigenvalue weighted by molar-refractivity contribution is -0.385. The molecule has 0 bridgehead atoms. The number of aliphatic hydroxyl groups is 4. The van der Waals surface area contributed by atoms with Gasteiger partial charge in [0.05, 0.1) is 16.6 Å². The maximum absolute atomic E-state index is 10.5. The van der Waals surface area contributed by atoms with Crippen molar-refractivity contribution in [3.8, 4) is 0 Å². The molecule has 0 spiro atoms. The van der Waals surface area contributed by atoms with Crippen LogP contribution >= 0.6 is 11.8 Å². The highest BCUT2D eigenvalue weighted by atomic mass is 32.2. The van der Waals surface area contributed by atoms with Gasteiger partial charge in [-0.1, -0.05) is 11.8 Å². The summed E-state index contributed by atoms with van der Waals surface area (Å²) in [5, 5.41) is 49.1. The minimum atomic E-state index is -1.47. The van der Waals surface area contributed by atoms with Gasteiger partial charge in [-0.3, -0.25) is 10.1 Å². The van der Waals surface area contributed by atoms with Crippen molar-refractivity contribution < 1.29 is 30.1 Å². The Labute approximate surface area is 123 Å². The van der Waals surface area contributed by atoms with Crippen molar-refractivity contribution in [1.29, 1.82) is 0 Å². The number of nitro groups is 1. The van der Waals surface area contributed by atoms with Crippen molar-refractivity contribution in [2.24, 2.45) is 0 Å². The van der Waals surface area contributed by atoms with E-state index in [9.17, 15) is 25.4 Å². The average molecular weight is 318 g/mol. The van der Waals surface area contributed by atoms with E-state index in [4.69, 9.17) is 9.84 Å². The molecule has 0 amide bonds. The topological polar surface area (TPSA) is 146 Å². The van der Waals surface area contributed by atoms with Crippen LogP contribution in [0.15, 0.2) is 23.4 Å². The Bertz CT molecular complexity index is 498. The molecule has 2 rings (SSSR count). The van der Waals surface area contributed by atoms with Gasteiger partial charge in [-0.05, 0) is 6.07 Å². The average Bonchev–Trinajstić information content (AvgIpc) is 2.48. The Balaban J connectivity index is 2.08. The highest BCUT2D eigenvalue weighted by Crippen LogP contribution is 2.32. The first-order valence-electron chi connectivity index (χ1n) is 6.01. The van der Waals surface area contributed by atoms with Gasteiger partial charge in [0, 0.05) is 6.07 Å². The first kappa shape index (κ1) is 16.1. The molecule has 1 saturated heterocycles. The lowest BCUT2D eigenvalue weighted by atomic mass is 10.0. The number of hydrogen-bond acceptors (Lipinski definition) is 9. The van der Waals surface area contributed by atoms with Crippen LogP contribution in [0.3, 0.4) is 0 Å². The van der Waals surface area contributed by atoms with Crippen LogP contribution in [0.5, 0.6) is 0 Å². The van der Waals surface area contributed by atoms with Crippen molar-refractivity contribution in [1.82, 2.24) is 4.98 Å². The fourth-order valence-electron chi connectivity index (χ4n) is 1.83. The van der Waals surface area contributed by atoms with Crippen molar-refractivity contribution in [2.75, 3.05) is 6.61 Å². The van der Waals surface area contributed by atoms with Crippen molar-refractivity contribution >= 4 is 17.4 Å². The minimum Gasteiger partial charge on any atom is -0.394 e. The summed E-state index contributed by atoms with van der Waals surface area (Å²) < 4.78 is 5.29. The molecule has 0 radical (unpaired) electrons. The van der Waals surface area contributed by atoms with Gasteiger partial charge in [-0.15, -0.1) is 0 Å². The third kappa shape index (κ3) is 3.48. The summed E-state index contributed by atoms with van der Waals surface area (Å²) in [6.07, 6.45) is -4.21. The first-order valence-corrected chi connectivity index (χ1v) is 6.89. The summed E-state index contributed by atoms with van der Waals surface area (Å²) in [5.74, 6) is 0. The van der Waals surface area contributed by atoms with Crippen LogP contribution in [0.25, 0.3) is 0 Å². The molecule has 0 aliphatic carbocycles. The number of nitrogens with zero attached hydrogens (tertiary/aromatic N) is 2. The number of rotatable bonds is 4. The van der Waals surface area contributed by atoms with Crippen LogP contribution in [0, 0.1) is 10.1 Å². The number of pyridine rings is 1. The van der Waals surface area contributed by atoms with E-state index < -0.39 is 41.4 Å². The number of ether oxygens (including phenoxy) is 1. The van der Waals surface area contributed by atoms with E-state index in [1.807, 2.05) is 0 Å². The maximum Gasteiger partial charge on any atom is 0.287 e. The molecule has 0 unspecified atom stereocenters. The smallest absolute Gasteiger partial charge is 0.287 e. The molecule has 1 fully saturated rings. The summed E-state index contributed by atoms with van der Waals surface area (Å²) in [6, 6.07) is 2.63. The predicted octanol–water partition coefficient (Wildman–Crippen LogP) is -1.12. The zero-order valence-electron chi connectivity index (χ0n) is 10.6. The Morgan fingerprint density at radius 2 is 2.00 bits per heavy atom. The molecule has 9 nitrogen and oxygen atoms in total. The summed E-state index contributed by atoms with van der Waals surface area (Å²) in [5.41, 5.74) is -1.14. The molecule has 5 atom stereocenters. The summed E-state index contributed by atoms with van der Waals surface area (Å²) in [7, 11) is 0. The van der Waals surface area contributed by atoms with E-state index in [-0.39, 0.29) is 5.69 Å². The Morgan fingerprint density at radius 1 is 1.29 bits per heavy atom. The van der Waals surface area contributed by atoms with Gasteiger partial charge in [0.2, 0.25) is 0 Å². The lowest BCUT2D eigenvalue weighted by Gasteiger charge is -2.39. The molecule has 116 valence electrons. The second-order valence-corrected chi connectivity index (χ2v) is 5.55. The SMILES string of the molecule is O=[N+]([O-])c1ccc(S[C@@H]2O[C@H](CO)[C@@H](O)[C@H](O)[C@H]2O)nc1. The third-order valence-electron chi connectivity index (χ3n) is 3.02. The number of hydrogen-bond donors (Lipinski definition) is 4. The van der Waals surface area contributed by atoms with Gasteiger partial charge in [-0.2, -0.15) is 0 Å². The maximum atomic E-state index is 10.5. The van der Waals surface area contributed by atoms with E-state index >= 15 is 0 Å². The summed E-state index contributed by atoms with van der Waals surface area (Å²) >= 11 is 0.930. The molecule has 1 aromatic heterocycles. The molecule has 0 saturated carbocycles. The molecule has 4 N–H and O–H groups in total. The molecule has 2 heterocycles. The predicted molar refractivity (Wildman–Crippen MR) is 70.5 cm³/mol. The van der Waals surface area contributed by atoms with E-state index in [0.717, 1.165) is 18.0 Å². The molecule has 1 aliphatic rings. The van der Waals surface area contributed by atoms with Crippen LogP contribution in [0.2, 0.25) is 0 Å². The number of aliphatic hydroxyl groups excluding tert-OH is 4. The van der Waals surface area contributed by atoms with E-state index in [1.165, 1.54) is 12.1 Å². The molecular weight excluding hydrogens is 304 g/mol. The molecule has 21 heavy (non-hydrogen) atoms. The molecule has 1 aromatic rings. The van der Waals surface area contributed by atoms with E-state index in [2.05, 4.69) is 4.98 Å². The highest BCUT2D eigenvalue weighted by Gasteiger charge is 2.43. The monoisotopic (exact) mass is 318 g/mol. The second-order valence-electron chi connectivity index (χ2n) is 4.43. The van der Waals surface area contributed by atoms with Crippen molar-refractivity contribution in [3.05, 3.63) is 28.4 Å². The second kappa shape index (κ2) is 6.64. The van der Waals surface area contributed by atoms with Crippen LogP contribution in [0.1, 0.15) is 0 Å². The van der Waals surface area contributed by atoms with Gasteiger partial charge >= 0.3 is 0 Å². The van der Waals surface area contributed by atoms with Gasteiger partial charge in [0.15, 0.2) is 0 Å². The Morgan fingerprint density at radius 3 is 2.52 bits per heavy atom. The lowest BCUT2D eigenvalue weighted by Crippen LogP contribution is -2.57. The molecule has 0 aromatic carbocycles. The number of thioether (sulfide) groups is 1. The fraction of sp³-hybridized carbons (Fsp3) is 0.545. The minimum absolute atomic E-state index is 0.173. The molecular formula is C11H14N2O7S. The van der Waals surface area contributed by atoms with Crippen molar-refractivity contribution in [3.63, 3.8) is 0 Å². The Hall–Kier alpha value is -1.30.